The number of halogens is 1. The molecule has 1 fully saturated rings. The van der Waals surface area contributed by atoms with E-state index in [0.717, 1.165) is 36.1 Å². The number of rotatable bonds is 5. The molecule has 1 aliphatic rings. The standard InChI is InChI=1S/C21H19FN2O3/c22-17-9-7-15(8-10-17)14-3-5-16(6-4-14)19-13-27-21(23-19)24-11-1-2-18(24)12-20(25)26/h3-10,13,18H,1-2,11-12H2,(H,25,26). The average molecular weight is 366 g/mol. The summed E-state index contributed by atoms with van der Waals surface area (Å²) in [5.41, 5.74) is 3.54. The summed E-state index contributed by atoms with van der Waals surface area (Å²) in [5.74, 6) is -1.07. The monoisotopic (exact) mass is 366 g/mol. The van der Waals surface area contributed by atoms with Gasteiger partial charge in [-0.25, -0.2) is 4.39 Å². The molecule has 1 atom stereocenters. The maximum absolute atomic E-state index is 13.1. The fraction of sp³-hybridized carbons (Fsp3) is 0.238. The van der Waals surface area contributed by atoms with Gasteiger partial charge in [-0.15, -0.1) is 0 Å². The molecule has 6 heteroatoms. The normalized spacial score (nSPS) is 16.6. The molecule has 0 radical (unpaired) electrons. The van der Waals surface area contributed by atoms with Gasteiger partial charge in [0.15, 0.2) is 0 Å². The van der Waals surface area contributed by atoms with Crippen LogP contribution in [0.25, 0.3) is 22.4 Å². The molecule has 0 bridgehead atoms. The summed E-state index contributed by atoms with van der Waals surface area (Å²) in [6.45, 7) is 0.751. The molecule has 2 aromatic carbocycles. The Morgan fingerprint density at radius 2 is 1.74 bits per heavy atom. The van der Waals surface area contributed by atoms with Gasteiger partial charge in [0.1, 0.15) is 17.8 Å². The van der Waals surface area contributed by atoms with E-state index in [2.05, 4.69) is 4.98 Å². The number of aromatic nitrogens is 1. The predicted octanol–water partition coefficient (Wildman–Crippen LogP) is 4.59. The molecule has 1 aliphatic heterocycles. The zero-order valence-electron chi connectivity index (χ0n) is 14.6. The van der Waals surface area contributed by atoms with Crippen molar-refractivity contribution in [2.45, 2.75) is 25.3 Å². The van der Waals surface area contributed by atoms with E-state index < -0.39 is 5.97 Å². The van der Waals surface area contributed by atoms with Gasteiger partial charge >= 0.3 is 5.97 Å². The number of carbonyl (C=O) groups is 1. The first-order valence-electron chi connectivity index (χ1n) is 8.90. The lowest BCUT2D eigenvalue weighted by Gasteiger charge is -2.20. The Bertz CT molecular complexity index is 935. The minimum Gasteiger partial charge on any atom is -0.481 e. The van der Waals surface area contributed by atoms with Gasteiger partial charge in [0.25, 0.3) is 6.01 Å². The Kier molecular flexibility index (Phi) is 4.62. The van der Waals surface area contributed by atoms with Gasteiger partial charge in [0.05, 0.1) is 6.42 Å². The lowest BCUT2D eigenvalue weighted by atomic mass is 10.0. The number of carboxylic acid groups (broad SMARTS) is 1. The predicted molar refractivity (Wildman–Crippen MR) is 100.0 cm³/mol. The third kappa shape index (κ3) is 3.69. The first-order valence-corrected chi connectivity index (χ1v) is 8.90. The first kappa shape index (κ1) is 17.3. The van der Waals surface area contributed by atoms with E-state index in [1.165, 1.54) is 12.1 Å². The molecule has 1 N–H and O–H groups in total. The van der Waals surface area contributed by atoms with Crippen LogP contribution in [-0.2, 0) is 4.79 Å². The van der Waals surface area contributed by atoms with E-state index in [-0.39, 0.29) is 18.3 Å². The van der Waals surface area contributed by atoms with E-state index >= 15 is 0 Å². The zero-order valence-corrected chi connectivity index (χ0v) is 14.6. The summed E-state index contributed by atoms with van der Waals surface area (Å²) in [4.78, 5) is 17.5. The van der Waals surface area contributed by atoms with Gasteiger partial charge in [-0.3, -0.25) is 4.79 Å². The second-order valence-corrected chi connectivity index (χ2v) is 6.69. The van der Waals surface area contributed by atoms with Crippen molar-refractivity contribution in [1.82, 2.24) is 4.98 Å². The Balaban J connectivity index is 1.53. The summed E-state index contributed by atoms with van der Waals surface area (Å²) in [7, 11) is 0. The second-order valence-electron chi connectivity index (χ2n) is 6.69. The second kappa shape index (κ2) is 7.23. The molecule has 1 saturated heterocycles. The van der Waals surface area contributed by atoms with Crippen molar-refractivity contribution in [1.29, 1.82) is 0 Å². The number of anilines is 1. The van der Waals surface area contributed by atoms with Crippen LogP contribution in [0, 0.1) is 5.82 Å². The first-order chi connectivity index (χ1) is 13.1. The van der Waals surface area contributed by atoms with E-state index in [9.17, 15) is 9.18 Å². The van der Waals surface area contributed by atoms with E-state index in [4.69, 9.17) is 9.52 Å². The molecule has 5 nitrogen and oxygen atoms in total. The van der Waals surface area contributed by atoms with Gasteiger partial charge < -0.3 is 14.4 Å². The molecule has 27 heavy (non-hydrogen) atoms. The molecule has 138 valence electrons. The fourth-order valence-electron chi connectivity index (χ4n) is 3.51. The van der Waals surface area contributed by atoms with E-state index in [1.54, 1.807) is 18.4 Å². The number of oxazole rings is 1. The van der Waals surface area contributed by atoms with Crippen molar-refractivity contribution >= 4 is 12.0 Å². The molecule has 0 aliphatic carbocycles. The Labute approximate surface area is 156 Å². The SMILES string of the molecule is O=C(O)CC1CCCN1c1nc(-c2ccc(-c3ccc(F)cc3)cc2)co1. The van der Waals surface area contributed by atoms with Crippen molar-refractivity contribution in [3.05, 3.63) is 60.6 Å². The lowest BCUT2D eigenvalue weighted by Crippen LogP contribution is -2.31. The highest BCUT2D eigenvalue weighted by molar-refractivity contribution is 5.70. The van der Waals surface area contributed by atoms with Crippen molar-refractivity contribution in [3.8, 4) is 22.4 Å². The molecule has 0 saturated carbocycles. The van der Waals surface area contributed by atoms with E-state index in [1.807, 2.05) is 29.2 Å². The van der Waals surface area contributed by atoms with Gasteiger partial charge in [-0.05, 0) is 36.1 Å². The zero-order chi connectivity index (χ0) is 18.8. The average Bonchev–Trinajstić information content (AvgIpc) is 3.31. The molecule has 0 spiro atoms. The van der Waals surface area contributed by atoms with Gasteiger partial charge in [-0.2, -0.15) is 4.98 Å². The summed E-state index contributed by atoms with van der Waals surface area (Å²) in [5, 5.41) is 9.06. The van der Waals surface area contributed by atoms with Crippen LogP contribution < -0.4 is 4.90 Å². The van der Waals surface area contributed by atoms with Crippen LogP contribution in [0.4, 0.5) is 10.4 Å². The number of hydrogen-bond donors (Lipinski definition) is 1. The molecule has 2 heterocycles. The number of nitrogens with zero attached hydrogens (tertiary/aromatic N) is 2. The molecule has 0 amide bonds. The topological polar surface area (TPSA) is 66.6 Å². The van der Waals surface area contributed by atoms with Crippen LogP contribution in [0.2, 0.25) is 0 Å². The number of carboxylic acids is 1. The maximum Gasteiger partial charge on any atom is 0.305 e. The minimum absolute atomic E-state index is 0.0742. The Morgan fingerprint density at radius 1 is 1.11 bits per heavy atom. The highest BCUT2D eigenvalue weighted by Crippen LogP contribution is 2.30. The highest BCUT2D eigenvalue weighted by atomic mass is 19.1. The Hall–Kier alpha value is -3.15. The van der Waals surface area contributed by atoms with Crippen LogP contribution in [-0.4, -0.2) is 28.6 Å². The van der Waals surface area contributed by atoms with Crippen molar-refractivity contribution < 1.29 is 18.7 Å². The van der Waals surface area contributed by atoms with E-state index in [0.29, 0.717) is 11.7 Å². The van der Waals surface area contributed by atoms with Gasteiger partial charge in [-0.1, -0.05) is 36.4 Å². The summed E-state index contributed by atoms with van der Waals surface area (Å²) in [6.07, 6.45) is 3.45. The molecule has 1 unspecified atom stereocenters. The Morgan fingerprint density at radius 3 is 2.41 bits per heavy atom. The summed E-state index contributed by atoms with van der Waals surface area (Å²) in [6, 6.07) is 14.6. The van der Waals surface area contributed by atoms with Gasteiger partial charge in [0, 0.05) is 18.2 Å². The lowest BCUT2D eigenvalue weighted by molar-refractivity contribution is -0.137. The fourth-order valence-corrected chi connectivity index (χ4v) is 3.51. The van der Waals surface area contributed by atoms with Crippen molar-refractivity contribution in [3.63, 3.8) is 0 Å². The molecular formula is C21H19FN2O3. The van der Waals surface area contributed by atoms with Crippen LogP contribution >= 0.6 is 0 Å². The minimum atomic E-state index is -0.810. The molecule has 4 rings (SSSR count). The van der Waals surface area contributed by atoms with Crippen LogP contribution in [0.15, 0.2) is 59.2 Å². The third-order valence-corrected chi connectivity index (χ3v) is 4.88. The van der Waals surface area contributed by atoms with Crippen LogP contribution in [0.5, 0.6) is 0 Å². The van der Waals surface area contributed by atoms with Crippen molar-refractivity contribution in [2.75, 3.05) is 11.4 Å². The van der Waals surface area contributed by atoms with Gasteiger partial charge in [0.2, 0.25) is 0 Å². The maximum atomic E-state index is 13.1. The van der Waals surface area contributed by atoms with Crippen LogP contribution in [0.3, 0.4) is 0 Å². The third-order valence-electron chi connectivity index (χ3n) is 4.88. The summed E-state index contributed by atoms with van der Waals surface area (Å²) < 4.78 is 18.7. The highest BCUT2D eigenvalue weighted by Gasteiger charge is 2.29. The smallest absolute Gasteiger partial charge is 0.305 e. The van der Waals surface area contributed by atoms with Crippen LogP contribution in [0.1, 0.15) is 19.3 Å². The molecule has 1 aromatic heterocycles. The number of aliphatic carboxylic acids is 1. The molecular weight excluding hydrogens is 347 g/mol. The molecule has 3 aromatic rings. The van der Waals surface area contributed by atoms with Crippen molar-refractivity contribution in [2.24, 2.45) is 0 Å². The number of hydrogen-bond acceptors (Lipinski definition) is 4. The quantitative estimate of drug-likeness (QED) is 0.715. The largest absolute Gasteiger partial charge is 0.481 e. The summed E-state index contributed by atoms with van der Waals surface area (Å²) >= 11 is 0. The number of benzene rings is 2.